The number of nitrogens with two attached hydrogens (primary N) is 1. The van der Waals surface area contributed by atoms with Gasteiger partial charge in [0.1, 0.15) is 5.75 Å². The third-order valence-electron chi connectivity index (χ3n) is 3.10. The van der Waals surface area contributed by atoms with Gasteiger partial charge < -0.3 is 10.5 Å². The Morgan fingerprint density at radius 2 is 1.94 bits per heavy atom. The van der Waals surface area contributed by atoms with Gasteiger partial charge in [0.2, 0.25) is 0 Å². The van der Waals surface area contributed by atoms with Crippen molar-refractivity contribution >= 4 is 0 Å². The van der Waals surface area contributed by atoms with Gasteiger partial charge in [0.25, 0.3) is 0 Å². The van der Waals surface area contributed by atoms with Gasteiger partial charge in [-0.1, -0.05) is 0 Å². The zero-order valence-electron chi connectivity index (χ0n) is 11.1. The van der Waals surface area contributed by atoms with Gasteiger partial charge in [-0.25, -0.2) is 0 Å². The topological polar surface area (TPSA) is 53.1 Å². The molecule has 4 nitrogen and oxygen atoms in total. The number of hydrogen-bond donors (Lipinski definition) is 1. The van der Waals surface area contributed by atoms with Crippen molar-refractivity contribution in [1.82, 2.24) is 9.78 Å². The van der Waals surface area contributed by atoms with E-state index in [4.69, 9.17) is 10.5 Å². The van der Waals surface area contributed by atoms with Crippen molar-refractivity contribution in [3.8, 4) is 17.0 Å². The lowest BCUT2D eigenvalue weighted by Gasteiger charge is -2.07. The Kier molecular flexibility index (Phi) is 3.67. The van der Waals surface area contributed by atoms with Crippen LogP contribution in [0.2, 0.25) is 0 Å². The molecule has 1 aromatic carbocycles. The first-order valence-corrected chi connectivity index (χ1v) is 6.04. The number of hydrogen-bond acceptors (Lipinski definition) is 3. The normalized spacial score (nSPS) is 10.7. The lowest BCUT2D eigenvalue weighted by Crippen LogP contribution is -2.04. The van der Waals surface area contributed by atoms with Crippen LogP contribution in [0.5, 0.6) is 5.75 Å². The number of methoxy groups -OCH3 is 1. The Hall–Kier alpha value is -1.81. The van der Waals surface area contributed by atoms with Gasteiger partial charge in [-0.05, 0) is 44.2 Å². The molecule has 18 heavy (non-hydrogen) atoms. The van der Waals surface area contributed by atoms with E-state index in [1.54, 1.807) is 7.11 Å². The fraction of sp³-hybridized carbons (Fsp3) is 0.357. The first-order chi connectivity index (χ1) is 8.67. The molecule has 1 aromatic heterocycles. The molecule has 0 saturated heterocycles. The van der Waals surface area contributed by atoms with Gasteiger partial charge in [-0.3, -0.25) is 4.68 Å². The second kappa shape index (κ2) is 5.23. The van der Waals surface area contributed by atoms with E-state index in [-0.39, 0.29) is 0 Å². The number of aromatic nitrogens is 2. The molecule has 0 aliphatic rings. The first kappa shape index (κ1) is 12.6. The van der Waals surface area contributed by atoms with E-state index in [0.29, 0.717) is 6.54 Å². The number of ether oxygens (including phenoxy) is 1. The summed E-state index contributed by atoms with van der Waals surface area (Å²) in [7, 11) is 3.63. The quantitative estimate of drug-likeness (QED) is 0.895. The summed E-state index contributed by atoms with van der Waals surface area (Å²) < 4.78 is 7.09. The summed E-state index contributed by atoms with van der Waals surface area (Å²) in [6.45, 7) is 2.66. The van der Waals surface area contributed by atoms with Gasteiger partial charge in [0.15, 0.2) is 0 Å². The van der Waals surface area contributed by atoms with E-state index in [1.807, 2.05) is 30.8 Å². The van der Waals surface area contributed by atoms with Gasteiger partial charge in [0.05, 0.1) is 18.5 Å². The van der Waals surface area contributed by atoms with Crippen molar-refractivity contribution < 1.29 is 4.74 Å². The van der Waals surface area contributed by atoms with Crippen LogP contribution >= 0.6 is 0 Å². The fourth-order valence-electron chi connectivity index (χ4n) is 2.26. The fourth-order valence-corrected chi connectivity index (χ4v) is 2.26. The Morgan fingerprint density at radius 3 is 2.50 bits per heavy atom. The molecule has 1 heterocycles. The highest BCUT2D eigenvalue weighted by Gasteiger charge is 2.14. The van der Waals surface area contributed by atoms with E-state index in [2.05, 4.69) is 17.2 Å². The second-order valence-corrected chi connectivity index (χ2v) is 4.30. The van der Waals surface area contributed by atoms with Crippen molar-refractivity contribution in [2.45, 2.75) is 13.3 Å². The molecule has 0 aliphatic heterocycles. The maximum atomic E-state index is 5.67. The van der Waals surface area contributed by atoms with Crippen LogP contribution < -0.4 is 10.5 Å². The molecule has 0 amide bonds. The van der Waals surface area contributed by atoms with E-state index >= 15 is 0 Å². The average molecular weight is 245 g/mol. The number of benzene rings is 1. The van der Waals surface area contributed by atoms with Gasteiger partial charge in [-0.15, -0.1) is 0 Å². The average Bonchev–Trinajstić information content (AvgIpc) is 2.65. The zero-order chi connectivity index (χ0) is 13.1. The van der Waals surface area contributed by atoms with Crippen LogP contribution in [0.1, 0.15) is 11.3 Å². The zero-order valence-corrected chi connectivity index (χ0v) is 11.1. The molecule has 0 saturated carbocycles. The highest BCUT2D eigenvalue weighted by molar-refractivity contribution is 5.65. The van der Waals surface area contributed by atoms with E-state index in [9.17, 15) is 0 Å². The number of rotatable bonds is 4. The summed E-state index contributed by atoms with van der Waals surface area (Å²) in [5.41, 5.74) is 10.2. The molecule has 0 radical (unpaired) electrons. The third kappa shape index (κ3) is 2.24. The standard InChI is InChI=1S/C14H19N3O/c1-10-13(8-9-15)14(17(2)16-10)11-4-6-12(18-3)7-5-11/h4-7H,8-9,15H2,1-3H3. The van der Waals surface area contributed by atoms with Crippen molar-refractivity contribution in [2.75, 3.05) is 13.7 Å². The maximum Gasteiger partial charge on any atom is 0.118 e. The lowest BCUT2D eigenvalue weighted by atomic mass is 10.0. The summed E-state index contributed by atoms with van der Waals surface area (Å²) in [5, 5.41) is 4.48. The summed E-state index contributed by atoms with van der Waals surface area (Å²) in [4.78, 5) is 0. The Bertz CT molecular complexity index is 529. The summed E-state index contributed by atoms with van der Waals surface area (Å²) in [5.74, 6) is 0.859. The molecule has 0 unspecified atom stereocenters. The largest absolute Gasteiger partial charge is 0.497 e. The monoisotopic (exact) mass is 245 g/mol. The predicted molar refractivity (Wildman–Crippen MR) is 72.7 cm³/mol. The molecular weight excluding hydrogens is 226 g/mol. The van der Waals surface area contributed by atoms with Crippen molar-refractivity contribution in [3.05, 3.63) is 35.5 Å². The molecular formula is C14H19N3O. The molecule has 4 heteroatoms. The minimum absolute atomic E-state index is 0.635. The van der Waals surface area contributed by atoms with Crippen LogP contribution in [0.15, 0.2) is 24.3 Å². The number of nitrogens with zero attached hydrogens (tertiary/aromatic N) is 2. The Morgan fingerprint density at radius 1 is 1.28 bits per heavy atom. The van der Waals surface area contributed by atoms with E-state index in [1.165, 1.54) is 5.56 Å². The van der Waals surface area contributed by atoms with Crippen LogP contribution in [0, 0.1) is 6.92 Å². The molecule has 2 aromatic rings. The van der Waals surface area contributed by atoms with Crippen LogP contribution in [0.25, 0.3) is 11.3 Å². The first-order valence-electron chi connectivity index (χ1n) is 6.04. The minimum atomic E-state index is 0.635. The molecule has 0 fully saturated rings. The summed E-state index contributed by atoms with van der Waals surface area (Å²) >= 11 is 0. The highest BCUT2D eigenvalue weighted by atomic mass is 16.5. The smallest absolute Gasteiger partial charge is 0.118 e. The maximum absolute atomic E-state index is 5.67. The van der Waals surface area contributed by atoms with E-state index < -0.39 is 0 Å². The molecule has 2 rings (SSSR count). The summed E-state index contributed by atoms with van der Waals surface area (Å²) in [6.07, 6.45) is 0.848. The van der Waals surface area contributed by atoms with E-state index in [0.717, 1.165) is 29.1 Å². The predicted octanol–water partition coefficient (Wildman–Crippen LogP) is 1.91. The SMILES string of the molecule is COc1ccc(-c2c(CCN)c(C)nn2C)cc1. The second-order valence-electron chi connectivity index (χ2n) is 4.30. The molecule has 0 spiro atoms. The van der Waals surface area contributed by atoms with Gasteiger partial charge in [0, 0.05) is 18.2 Å². The third-order valence-corrected chi connectivity index (χ3v) is 3.10. The molecule has 2 N–H and O–H groups in total. The molecule has 0 bridgehead atoms. The van der Waals surface area contributed by atoms with Crippen LogP contribution in [0.4, 0.5) is 0 Å². The van der Waals surface area contributed by atoms with Crippen LogP contribution in [-0.4, -0.2) is 23.4 Å². The van der Waals surface area contributed by atoms with Crippen molar-refractivity contribution in [1.29, 1.82) is 0 Å². The Balaban J connectivity index is 2.48. The van der Waals surface area contributed by atoms with Crippen LogP contribution in [-0.2, 0) is 13.5 Å². The Labute approximate surface area is 107 Å². The molecule has 96 valence electrons. The lowest BCUT2D eigenvalue weighted by molar-refractivity contribution is 0.415. The van der Waals surface area contributed by atoms with Crippen molar-refractivity contribution in [3.63, 3.8) is 0 Å². The number of aryl methyl sites for hydroxylation is 2. The van der Waals surface area contributed by atoms with Gasteiger partial charge >= 0.3 is 0 Å². The highest BCUT2D eigenvalue weighted by Crippen LogP contribution is 2.27. The molecule has 0 atom stereocenters. The minimum Gasteiger partial charge on any atom is -0.497 e. The van der Waals surface area contributed by atoms with Gasteiger partial charge in [-0.2, -0.15) is 5.10 Å². The van der Waals surface area contributed by atoms with Crippen molar-refractivity contribution in [2.24, 2.45) is 12.8 Å². The summed E-state index contributed by atoms with van der Waals surface area (Å²) in [6, 6.07) is 8.03. The van der Waals surface area contributed by atoms with Crippen LogP contribution in [0.3, 0.4) is 0 Å². The molecule has 0 aliphatic carbocycles.